The second-order valence-corrected chi connectivity index (χ2v) is 5.27. The van der Waals surface area contributed by atoms with Crippen LogP contribution in [0, 0.1) is 6.92 Å². The van der Waals surface area contributed by atoms with Crippen LogP contribution in [-0.4, -0.2) is 23.0 Å². The first-order valence-electron chi connectivity index (χ1n) is 7.66. The zero-order chi connectivity index (χ0) is 17.6. The van der Waals surface area contributed by atoms with Gasteiger partial charge in [0.2, 0.25) is 0 Å². The Balaban J connectivity index is 1.68. The van der Waals surface area contributed by atoms with Gasteiger partial charge >= 0.3 is 0 Å². The molecule has 0 saturated carbocycles. The van der Waals surface area contributed by atoms with Gasteiger partial charge in [0.1, 0.15) is 11.4 Å². The van der Waals surface area contributed by atoms with Crippen LogP contribution in [0.25, 0.3) is 0 Å². The Labute approximate surface area is 145 Å². The maximum Gasteiger partial charge on any atom is 0.275 e. The first-order chi connectivity index (χ1) is 12.2. The molecule has 25 heavy (non-hydrogen) atoms. The van der Waals surface area contributed by atoms with Crippen molar-refractivity contribution in [2.24, 2.45) is 0 Å². The van der Waals surface area contributed by atoms with E-state index >= 15 is 0 Å². The summed E-state index contributed by atoms with van der Waals surface area (Å²) < 4.78 is 11.1. The average Bonchev–Trinajstić information content (AvgIpc) is 2.64. The molecule has 126 valence electrons. The summed E-state index contributed by atoms with van der Waals surface area (Å²) in [5, 5.41) is 2.77. The van der Waals surface area contributed by atoms with Crippen molar-refractivity contribution in [2.45, 2.75) is 6.92 Å². The fraction of sp³-hybridized carbons (Fsp3) is 0.105. The summed E-state index contributed by atoms with van der Waals surface area (Å²) in [5.74, 6) is 1.60. The van der Waals surface area contributed by atoms with E-state index in [0.29, 0.717) is 22.9 Å². The zero-order valence-electron chi connectivity index (χ0n) is 13.9. The largest absolute Gasteiger partial charge is 0.493 e. The highest BCUT2D eigenvalue weighted by Gasteiger charge is 2.09. The molecule has 1 aromatic heterocycles. The monoisotopic (exact) mass is 335 g/mol. The van der Waals surface area contributed by atoms with Gasteiger partial charge in [0.05, 0.1) is 19.0 Å². The number of carbonyl (C=O) groups excluding carboxylic acids is 1. The van der Waals surface area contributed by atoms with Gasteiger partial charge in [0.15, 0.2) is 11.5 Å². The van der Waals surface area contributed by atoms with Gasteiger partial charge in [-0.25, -0.2) is 4.98 Å². The van der Waals surface area contributed by atoms with Crippen LogP contribution in [0.3, 0.4) is 0 Å². The molecule has 1 amide bonds. The summed E-state index contributed by atoms with van der Waals surface area (Å²) in [4.78, 5) is 20.2. The molecule has 0 aliphatic rings. The number of methoxy groups -OCH3 is 1. The summed E-state index contributed by atoms with van der Waals surface area (Å²) in [6.45, 7) is 1.81. The first-order valence-corrected chi connectivity index (χ1v) is 7.66. The van der Waals surface area contributed by atoms with Gasteiger partial charge in [-0.3, -0.25) is 9.78 Å². The fourth-order valence-corrected chi connectivity index (χ4v) is 2.14. The average molecular weight is 335 g/mol. The number of nitrogens with one attached hydrogen (secondary N) is 1. The second-order valence-electron chi connectivity index (χ2n) is 5.27. The maximum atomic E-state index is 12.1. The van der Waals surface area contributed by atoms with E-state index in [1.807, 2.05) is 31.2 Å². The van der Waals surface area contributed by atoms with Crippen molar-refractivity contribution in [2.75, 3.05) is 12.4 Å². The van der Waals surface area contributed by atoms with Crippen molar-refractivity contribution in [1.82, 2.24) is 9.97 Å². The lowest BCUT2D eigenvalue weighted by atomic mass is 10.2. The van der Waals surface area contributed by atoms with Crippen LogP contribution in [0.15, 0.2) is 60.9 Å². The number of nitrogens with zero attached hydrogens (tertiary/aromatic N) is 2. The van der Waals surface area contributed by atoms with Gasteiger partial charge in [-0.05, 0) is 43.3 Å². The summed E-state index contributed by atoms with van der Waals surface area (Å²) >= 11 is 0. The number of aromatic nitrogens is 2. The van der Waals surface area contributed by atoms with Crippen LogP contribution < -0.4 is 14.8 Å². The number of aryl methyl sites for hydroxylation is 1. The summed E-state index contributed by atoms with van der Waals surface area (Å²) in [5.41, 5.74) is 1.66. The zero-order valence-corrected chi connectivity index (χ0v) is 13.9. The molecule has 0 radical (unpaired) electrons. The Morgan fingerprint density at radius 1 is 0.960 bits per heavy atom. The third-order valence-corrected chi connectivity index (χ3v) is 3.42. The van der Waals surface area contributed by atoms with Gasteiger partial charge in [0, 0.05) is 11.9 Å². The van der Waals surface area contributed by atoms with Crippen LogP contribution in [0.1, 0.15) is 16.2 Å². The lowest BCUT2D eigenvalue weighted by Gasteiger charge is -2.10. The Bertz CT molecular complexity index is 862. The smallest absolute Gasteiger partial charge is 0.275 e. The Hall–Kier alpha value is -3.41. The number of hydrogen-bond donors (Lipinski definition) is 1. The van der Waals surface area contributed by atoms with Gasteiger partial charge in [-0.2, -0.15) is 0 Å². The van der Waals surface area contributed by atoms with Gasteiger partial charge in [0.25, 0.3) is 5.91 Å². The van der Waals surface area contributed by atoms with E-state index < -0.39 is 0 Å². The van der Waals surface area contributed by atoms with E-state index in [0.717, 1.165) is 5.69 Å². The molecule has 2 aromatic carbocycles. The van der Waals surface area contributed by atoms with Gasteiger partial charge in [-0.15, -0.1) is 0 Å². The Morgan fingerprint density at radius 3 is 2.32 bits per heavy atom. The first kappa shape index (κ1) is 16.4. The minimum Gasteiger partial charge on any atom is -0.493 e. The van der Waals surface area contributed by atoms with Crippen molar-refractivity contribution in [3.63, 3.8) is 0 Å². The van der Waals surface area contributed by atoms with E-state index in [9.17, 15) is 4.79 Å². The molecule has 0 atom stereocenters. The molecule has 1 heterocycles. The van der Waals surface area contributed by atoms with Crippen molar-refractivity contribution in [1.29, 1.82) is 0 Å². The number of para-hydroxylation sites is 2. The highest BCUT2D eigenvalue weighted by atomic mass is 16.5. The number of ether oxygens (including phenoxy) is 2. The molecule has 0 bridgehead atoms. The Kier molecular flexibility index (Phi) is 4.89. The molecule has 0 unspecified atom stereocenters. The van der Waals surface area contributed by atoms with E-state index in [4.69, 9.17) is 9.47 Å². The molecular weight excluding hydrogens is 318 g/mol. The fourth-order valence-electron chi connectivity index (χ4n) is 2.14. The number of benzene rings is 2. The Morgan fingerprint density at radius 2 is 1.68 bits per heavy atom. The molecular formula is C19H17N3O3. The van der Waals surface area contributed by atoms with Crippen LogP contribution in [0.4, 0.5) is 5.69 Å². The quantitative estimate of drug-likeness (QED) is 0.767. The molecule has 6 nitrogen and oxygen atoms in total. The minimum absolute atomic E-state index is 0.264. The van der Waals surface area contributed by atoms with E-state index in [-0.39, 0.29) is 11.6 Å². The standard InChI is InChI=1S/C19H17N3O3/c1-13-11-21-16(12-20-13)19(23)22-14-7-9-15(10-8-14)25-18-6-4-3-5-17(18)24-2/h3-12H,1-2H3,(H,22,23). The molecule has 3 rings (SSSR count). The second kappa shape index (κ2) is 7.44. The normalized spacial score (nSPS) is 10.2. The SMILES string of the molecule is COc1ccccc1Oc1ccc(NC(=O)c2cnc(C)cn2)cc1. The molecule has 6 heteroatoms. The number of hydrogen-bond acceptors (Lipinski definition) is 5. The minimum atomic E-state index is -0.314. The van der Waals surface area contributed by atoms with Crippen molar-refractivity contribution < 1.29 is 14.3 Å². The third kappa shape index (κ3) is 4.11. The molecule has 0 spiro atoms. The highest BCUT2D eigenvalue weighted by molar-refractivity contribution is 6.02. The predicted octanol–water partition coefficient (Wildman–Crippen LogP) is 3.84. The third-order valence-electron chi connectivity index (χ3n) is 3.42. The van der Waals surface area contributed by atoms with Crippen LogP contribution in [-0.2, 0) is 0 Å². The lowest BCUT2D eigenvalue weighted by molar-refractivity contribution is 0.102. The molecule has 0 aliphatic heterocycles. The number of carbonyl (C=O) groups is 1. The predicted molar refractivity (Wildman–Crippen MR) is 94.2 cm³/mol. The molecule has 3 aromatic rings. The number of anilines is 1. The van der Waals surface area contributed by atoms with Crippen molar-refractivity contribution in [3.05, 3.63) is 72.3 Å². The van der Waals surface area contributed by atoms with Gasteiger partial charge in [-0.1, -0.05) is 12.1 Å². The number of amides is 1. The van der Waals surface area contributed by atoms with Crippen LogP contribution >= 0.6 is 0 Å². The van der Waals surface area contributed by atoms with E-state index in [2.05, 4.69) is 15.3 Å². The van der Waals surface area contributed by atoms with E-state index in [1.165, 1.54) is 6.20 Å². The topological polar surface area (TPSA) is 73.3 Å². The highest BCUT2D eigenvalue weighted by Crippen LogP contribution is 2.31. The summed E-state index contributed by atoms with van der Waals surface area (Å²) in [6.07, 6.45) is 3.00. The van der Waals surface area contributed by atoms with Crippen molar-refractivity contribution >= 4 is 11.6 Å². The van der Waals surface area contributed by atoms with Gasteiger partial charge < -0.3 is 14.8 Å². The van der Waals surface area contributed by atoms with Crippen molar-refractivity contribution in [3.8, 4) is 17.2 Å². The van der Waals surface area contributed by atoms with Crippen LogP contribution in [0.5, 0.6) is 17.2 Å². The molecule has 1 N–H and O–H groups in total. The van der Waals surface area contributed by atoms with Crippen LogP contribution in [0.2, 0.25) is 0 Å². The summed E-state index contributed by atoms with van der Waals surface area (Å²) in [7, 11) is 1.59. The molecule has 0 fully saturated rings. The number of rotatable bonds is 5. The maximum absolute atomic E-state index is 12.1. The molecule has 0 saturated heterocycles. The lowest BCUT2D eigenvalue weighted by Crippen LogP contribution is -2.14. The molecule has 0 aliphatic carbocycles. The van der Waals surface area contributed by atoms with E-state index in [1.54, 1.807) is 37.6 Å². The summed E-state index contributed by atoms with van der Waals surface area (Å²) in [6, 6.07) is 14.4.